The molecule has 1 saturated heterocycles. The van der Waals surface area contributed by atoms with Crippen LogP contribution in [0.4, 0.5) is 0 Å². The van der Waals surface area contributed by atoms with Crippen LogP contribution in [0.2, 0.25) is 0 Å². The van der Waals surface area contributed by atoms with E-state index in [1.807, 2.05) is 0 Å². The van der Waals surface area contributed by atoms with E-state index in [1.165, 1.54) is 49.0 Å². The van der Waals surface area contributed by atoms with E-state index in [4.69, 9.17) is 0 Å². The van der Waals surface area contributed by atoms with E-state index in [-0.39, 0.29) is 24.8 Å². The largest absolute Gasteiger partial charge is 0.314 e. The summed E-state index contributed by atoms with van der Waals surface area (Å²) < 4.78 is 0. The van der Waals surface area contributed by atoms with Crippen molar-refractivity contribution in [3.8, 4) is 0 Å². The Labute approximate surface area is 142 Å². The molecule has 0 unspecified atom stereocenters. The molecule has 1 aromatic rings. The molecule has 0 spiro atoms. The average Bonchev–Trinajstić information content (AvgIpc) is 2.39. The van der Waals surface area contributed by atoms with Gasteiger partial charge in [-0.3, -0.25) is 4.90 Å². The van der Waals surface area contributed by atoms with Crippen LogP contribution in [0.5, 0.6) is 0 Å². The van der Waals surface area contributed by atoms with Crippen molar-refractivity contribution in [1.82, 2.24) is 10.2 Å². The lowest BCUT2D eigenvalue weighted by atomic mass is 9.95. The summed E-state index contributed by atoms with van der Waals surface area (Å²) in [7, 11) is 0. The van der Waals surface area contributed by atoms with Gasteiger partial charge in [0, 0.05) is 32.2 Å². The number of aryl methyl sites for hydroxylation is 2. The van der Waals surface area contributed by atoms with Crippen molar-refractivity contribution in [3.05, 3.63) is 34.9 Å². The van der Waals surface area contributed by atoms with Crippen LogP contribution in [0.15, 0.2) is 18.2 Å². The second-order valence-electron chi connectivity index (χ2n) is 5.87. The summed E-state index contributed by atoms with van der Waals surface area (Å²) in [5.41, 5.74) is 4.31. The van der Waals surface area contributed by atoms with E-state index < -0.39 is 0 Å². The lowest BCUT2D eigenvalue weighted by Crippen LogP contribution is -2.45. The summed E-state index contributed by atoms with van der Waals surface area (Å²) in [6.45, 7) is 11.3. The van der Waals surface area contributed by atoms with Crippen molar-refractivity contribution in [1.29, 1.82) is 0 Å². The zero-order chi connectivity index (χ0) is 13.7. The molecule has 1 N–H and O–H groups in total. The van der Waals surface area contributed by atoms with Gasteiger partial charge < -0.3 is 5.32 Å². The highest BCUT2D eigenvalue weighted by atomic mass is 35.5. The van der Waals surface area contributed by atoms with Gasteiger partial charge in [-0.15, -0.1) is 24.8 Å². The molecule has 1 atom stereocenters. The predicted octanol–water partition coefficient (Wildman–Crippen LogP) is 4.28. The number of halogens is 2. The number of hydrogen-bond donors (Lipinski definition) is 1. The highest BCUT2D eigenvalue weighted by Crippen LogP contribution is 2.28. The van der Waals surface area contributed by atoms with Crippen LogP contribution in [0.1, 0.15) is 48.9 Å². The zero-order valence-corrected chi connectivity index (χ0v) is 15.2. The quantitative estimate of drug-likeness (QED) is 0.865. The van der Waals surface area contributed by atoms with Gasteiger partial charge in [0.05, 0.1) is 0 Å². The van der Waals surface area contributed by atoms with Gasteiger partial charge in [-0.05, 0) is 25.8 Å². The highest BCUT2D eigenvalue weighted by Gasteiger charge is 2.21. The zero-order valence-electron chi connectivity index (χ0n) is 13.5. The van der Waals surface area contributed by atoms with Gasteiger partial charge in [-0.25, -0.2) is 0 Å². The predicted molar refractivity (Wildman–Crippen MR) is 97.1 cm³/mol. The third-order valence-corrected chi connectivity index (χ3v) is 4.05. The van der Waals surface area contributed by atoms with Crippen LogP contribution in [0.25, 0.3) is 0 Å². The molecule has 2 nitrogen and oxygen atoms in total. The third kappa shape index (κ3) is 6.15. The maximum absolute atomic E-state index is 3.46. The van der Waals surface area contributed by atoms with Gasteiger partial charge in [0.25, 0.3) is 0 Å². The standard InChI is InChI=1S/C17H28N2.2ClH/c1-4-5-6-17(19-9-7-18-8-10-19)16-12-14(2)11-15(3)13-16;;/h11-13,17-18H,4-10H2,1-3H3;2*1H/t17-;;/m1../s1. The number of hydrogen-bond acceptors (Lipinski definition) is 2. The Kier molecular flexibility index (Phi) is 10.3. The molecule has 0 amide bonds. The van der Waals surface area contributed by atoms with Crippen LogP contribution in [0, 0.1) is 13.8 Å². The van der Waals surface area contributed by atoms with Gasteiger partial charge in [0.1, 0.15) is 0 Å². The molecule has 1 aliphatic rings. The van der Waals surface area contributed by atoms with E-state index in [1.54, 1.807) is 0 Å². The van der Waals surface area contributed by atoms with Gasteiger partial charge in [0.2, 0.25) is 0 Å². The molecule has 0 radical (unpaired) electrons. The molecule has 21 heavy (non-hydrogen) atoms. The van der Waals surface area contributed by atoms with E-state index in [0.29, 0.717) is 6.04 Å². The van der Waals surface area contributed by atoms with E-state index in [0.717, 1.165) is 13.1 Å². The molecule has 2 rings (SSSR count). The van der Waals surface area contributed by atoms with Crippen molar-refractivity contribution in [3.63, 3.8) is 0 Å². The van der Waals surface area contributed by atoms with Crippen molar-refractivity contribution in [2.75, 3.05) is 26.2 Å². The molecule has 0 saturated carbocycles. The summed E-state index contributed by atoms with van der Waals surface area (Å²) in [4.78, 5) is 2.67. The summed E-state index contributed by atoms with van der Waals surface area (Å²) in [5, 5.41) is 3.46. The Morgan fingerprint density at radius 3 is 2.14 bits per heavy atom. The monoisotopic (exact) mass is 332 g/mol. The number of nitrogens with one attached hydrogen (secondary N) is 1. The SMILES string of the molecule is CCCC[C@H](c1cc(C)cc(C)c1)N1CCNCC1.Cl.Cl. The molecule has 4 heteroatoms. The number of nitrogens with zero attached hydrogens (tertiary/aromatic N) is 1. The van der Waals surface area contributed by atoms with Crippen LogP contribution in [-0.4, -0.2) is 31.1 Å². The second-order valence-corrected chi connectivity index (χ2v) is 5.87. The van der Waals surface area contributed by atoms with E-state index in [2.05, 4.69) is 49.2 Å². The molecule has 0 aliphatic carbocycles. The van der Waals surface area contributed by atoms with Crippen LogP contribution < -0.4 is 5.32 Å². The minimum absolute atomic E-state index is 0. The Morgan fingerprint density at radius 2 is 1.62 bits per heavy atom. The van der Waals surface area contributed by atoms with Gasteiger partial charge in [-0.1, -0.05) is 49.1 Å². The smallest absolute Gasteiger partial charge is 0.0349 e. The van der Waals surface area contributed by atoms with Crippen LogP contribution in [0.3, 0.4) is 0 Å². The summed E-state index contributed by atoms with van der Waals surface area (Å²) in [5.74, 6) is 0. The molecule has 1 heterocycles. The van der Waals surface area contributed by atoms with Gasteiger partial charge in [0.15, 0.2) is 0 Å². The summed E-state index contributed by atoms with van der Waals surface area (Å²) in [6.07, 6.45) is 3.90. The molecular formula is C17H30Cl2N2. The second kappa shape index (κ2) is 10.4. The molecule has 1 fully saturated rings. The highest BCUT2D eigenvalue weighted by molar-refractivity contribution is 5.85. The van der Waals surface area contributed by atoms with Gasteiger partial charge >= 0.3 is 0 Å². The molecule has 0 aromatic heterocycles. The first-order valence-corrected chi connectivity index (χ1v) is 7.73. The van der Waals surface area contributed by atoms with Crippen LogP contribution in [-0.2, 0) is 0 Å². The van der Waals surface area contributed by atoms with E-state index in [9.17, 15) is 0 Å². The third-order valence-electron chi connectivity index (χ3n) is 4.05. The number of unbranched alkanes of at least 4 members (excludes halogenated alkanes) is 1. The van der Waals surface area contributed by atoms with Crippen molar-refractivity contribution >= 4 is 24.8 Å². The Balaban J connectivity index is 0.00000200. The lowest BCUT2D eigenvalue weighted by Gasteiger charge is -2.35. The van der Waals surface area contributed by atoms with E-state index >= 15 is 0 Å². The number of piperazine rings is 1. The maximum atomic E-state index is 3.46. The fraction of sp³-hybridized carbons (Fsp3) is 0.647. The Hall–Kier alpha value is -0.280. The normalized spacial score (nSPS) is 16.7. The Morgan fingerprint density at radius 1 is 1.05 bits per heavy atom. The van der Waals surface area contributed by atoms with Crippen molar-refractivity contribution in [2.24, 2.45) is 0 Å². The first kappa shape index (κ1) is 20.7. The van der Waals surface area contributed by atoms with Gasteiger partial charge in [-0.2, -0.15) is 0 Å². The lowest BCUT2D eigenvalue weighted by molar-refractivity contribution is 0.163. The minimum atomic E-state index is 0. The number of benzene rings is 1. The maximum Gasteiger partial charge on any atom is 0.0349 e. The summed E-state index contributed by atoms with van der Waals surface area (Å²) >= 11 is 0. The molecule has 1 aliphatic heterocycles. The number of rotatable bonds is 5. The fourth-order valence-corrected chi connectivity index (χ4v) is 3.15. The first-order chi connectivity index (χ1) is 9.20. The topological polar surface area (TPSA) is 15.3 Å². The fourth-order valence-electron chi connectivity index (χ4n) is 3.15. The molecule has 122 valence electrons. The van der Waals surface area contributed by atoms with Crippen molar-refractivity contribution < 1.29 is 0 Å². The molecule has 1 aromatic carbocycles. The molecular weight excluding hydrogens is 303 g/mol. The Bertz CT molecular complexity index is 384. The minimum Gasteiger partial charge on any atom is -0.314 e. The first-order valence-electron chi connectivity index (χ1n) is 7.73. The molecule has 0 bridgehead atoms. The summed E-state index contributed by atoms with van der Waals surface area (Å²) in [6, 6.07) is 7.66. The average molecular weight is 333 g/mol. The van der Waals surface area contributed by atoms with Crippen LogP contribution >= 0.6 is 24.8 Å². The van der Waals surface area contributed by atoms with Crippen molar-refractivity contribution in [2.45, 2.75) is 46.1 Å².